The average molecular weight is 364 g/mol. The van der Waals surface area contributed by atoms with Crippen molar-refractivity contribution in [2.75, 3.05) is 0 Å². The molecule has 0 saturated carbocycles. The van der Waals surface area contributed by atoms with E-state index in [1.807, 2.05) is 6.07 Å². The van der Waals surface area contributed by atoms with Crippen molar-refractivity contribution < 1.29 is 19.5 Å². The van der Waals surface area contributed by atoms with Gasteiger partial charge in [0.15, 0.2) is 5.84 Å². The third-order valence-electron chi connectivity index (χ3n) is 4.06. The number of carbonyl (C=O) groups is 1. The van der Waals surface area contributed by atoms with Gasteiger partial charge in [0.25, 0.3) is 5.91 Å². The van der Waals surface area contributed by atoms with E-state index in [1.165, 1.54) is 12.1 Å². The number of amidine groups is 1. The number of oxime groups is 1. The van der Waals surface area contributed by atoms with Crippen molar-refractivity contribution in [1.82, 2.24) is 5.32 Å². The Bertz CT molecular complexity index is 970. The highest BCUT2D eigenvalue weighted by Crippen LogP contribution is 2.23. The van der Waals surface area contributed by atoms with Crippen molar-refractivity contribution in [2.24, 2.45) is 5.16 Å². The van der Waals surface area contributed by atoms with Crippen molar-refractivity contribution in [1.29, 1.82) is 0 Å². The van der Waals surface area contributed by atoms with Crippen LogP contribution in [0, 0.1) is 5.82 Å². The molecule has 0 atom stereocenters. The maximum Gasteiger partial charge on any atom is 0.257 e. The number of hydrogen-bond acceptors (Lipinski definition) is 4. The summed E-state index contributed by atoms with van der Waals surface area (Å²) in [6.45, 7) is -0.120. The number of carbonyl (C=O) groups excluding carboxylic acids is 1. The van der Waals surface area contributed by atoms with Gasteiger partial charge in [0.05, 0.1) is 6.61 Å². The molecule has 5 nitrogen and oxygen atoms in total. The molecule has 136 valence electrons. The highest BCUT2D eigenvalue weighted by molar-refractivity contribution is 6.12. The Labute approximate surface area is 155 Å². The van der Waals surface area contributed by atoms with Gasteiger partial charge in [-0.15, -0.1) is 0 Å². The van der Waals surface area contributed by atoms with Gasteiger partial charge in [0, 0.05) is 16.7 Å². The van der Waals surface area contributed by atoms with Crippen molar-refractivity contribution in [2.45, 2.75) is 6.61 Å². The molecule has 0 spiro atoms. The van der Waals surface area contributed by atoms with Crippen LogP contribution >= 0.6 is 0 Å². The number of nitrogens with zero attached hydrogens (tertiary/aromatic N) is 1. The lowest BCUT2D eigenvalue weighted by molar-refractivity contribution is 0.0975. The minimum Gasteiger partial charge on any atom is -0.409 e. The zero-order chi connectivity index (χ0) is 19.2. The predicted molar refractivity (Wildman–Crippen MR) is 100.0 cm³/mol. The monoisotopic (exact) mass is 364 g/mol. The number of hydrogen-bond donors (Lipinski definition) is 3. The smallest absolute Gasteiger partial charge is 0.257 e. The summed E-state index contributed by atoms with van der Waals surface area (Å²) in [7, 11) is 0. The number of nitrogens with one attached hydrogen (secondary N) is 1. The molecule has 0 aromatic heterocycles. The first kappa shape index (κ1) is 18.3. The van der Waals surface area contributed by atoms with Crippen molar-refractivity contribution in [3.63, 3.8) is 0 Å². The third kappa shape index (κ3) is 4.19. The summed E-state index contributed by atoms with van der Waals surface area (Å²) in [5, 5.41) is 23.8. The maximum atomic E-state index is 14.4. The summed E-state index contributed by atoms with van der Waals surface area (Å²) in [6.07, 6.45) is 0. The number of benzene rings is 3. The normalized spacial score (nSPS) is 11.3. The number of halogens is 1. The molecule has 0 radical (unpaired) electrons. The number of amides is 1. The summed E-state index contributed by atoms with van der Waals surface area (Å²) in [5.74, 6) is -1.20. The summed E-state index contributed by atoms with van der Waals surface area (Å²) >= 11 is 0. The maximum absolute atomic E-state index is 14.4. The van der Waals surface area contributed by atoms with Crippen LogP contribution in [0.1, 0.15) is 21.5 Å². The molecule has 3 aromatic rings. The van der Waals surface area contributed by atoms with Gasteiger partial charge in [-0.3, -0.25) is 4.79 Å². The zero-order valence-corrected chi connectivity index (χ0v) is 14.3. The number of aliphatic hydroxyl groups is 1. The summed E-state index contributed by atoms with van der Waals surface area (Å²) in [4.78, 5) is 12.4. The Morgan fingerprint density at radius 3 is 2.22 bits per heavy atom. The first-order valence-electron chi connectivity index (χ1n) is 8.21. The van der Waals surface area contributed by atoms with Gasteiger partial charge in [0.1, 0.15) is 5.82 Å². The Morgan fingerprint density at radius 1 is 0.963 bits per heavy atom. The van der Waals surface area contributed by atoms with Crippen LogP contribution in [0.4, 0.5) is 4.39 Å². The predicted octanol–water partition coefficient (Wildman–Crippen LogP) is 3.55. The Hall–Kier alpha value is -3.51. The van der Waals surface area contributed by atoms with E-state index in [4.69, 9.17) is 5.11 Å². The van der Waals surface area contributed by atoms with E-state index in [0.717, 1.165) is 6.07 Å². The standard InChI is InChI=1S/C21H17FN2O3/c22-19-12-17(10-11-18(19)15-4-2-1-3-5-15)21(26)23-20(24-27)16-8-6-14(13-25)7-9-16/h1-12,25,27H,13H2,(H,23,24,26). The molecule has 0 heterocycles. The second-order valence-corrected chi connectivity index (χ2v) is 5.82. The summed E-state index contributed by atoms with van der Waals surface area (Å²) in [5.41, 5.74) is 2.33. The van der Waals surface area contributed by atoms with Crippen molar-refractivity contribution >= 4 is 11.7 Å². The highest BCUT2D eigenvalue weighted by atomic mass is 19.1. The molecule has 0 aliphatic heterocycles. The van der Waals surface area contributed by atoms with Crippen LogP contribution in [-0.4, -0.2) is 22.1 Å². The fraction of sp³-hybridized carbons (Fsp3) is 0.0476. The first-order chi connectivity index (χ1) is 13.1. The lowest BCUT2D eigenvalue weighted by atomic mass is 10.0. The molecule has 1 amide bonds. The molecule has 3 N–H and O–H groups in total. The lowest BCUT2D eigenvalue weighted by Crippen LogP contribution is -2.31. The quantitative estimate of drug-likeness (QED) is 0.287. The second kappa shape index (κ2) is 8.25. The fourth-order valence-electron chi connectivity index (χ4n) is 2.61. The Balaban J connectivity index is 1.79. The van der Waals surface area contributed by atoms with Crippen LogP contribution in [-0.2, 0) is 6.61 Å². The Kier molecular flexibility index (Phi) is 5.58. The number of rotatable bonds is 4. The van der Waals surface area contributed by atoms with E-state index >= 15 is 0 Å². The van der Waals surface area contributed by atoms with Gasteiger partial charge in [0.2, 0.25) is 0 Å². The molecule has 0 aliphatic rings. The van der Waals surface area contributed by atoms with Gasteiger partial charge >= 0.3 is 0 Å². The van der Waals surface area contributed by atoms with Crippen LogP contribution in [0.3, 0.4) is 0 Å². The van der Waals surface area contributed by atoms with Crippen LogP contribution in [0.2, 0.25) is 0 Å². The minimum atomic E-state index is -0.604. The molecule has 3 rings (SSSR count). The van der Waals surface area contributed by atoms with Crippen LogP contribution in [0.25, 0.3) is 11.1 Å². The topological polar surface area (TPSA) is 81.9 Å². The van der Waals surface area contributed by atoms with Gasteiger partial charge in [-0.1, -0.05) is 65.8 Å². The molecule has 0 unspecified atom stereocenters. The third-order valence-corrected chi connectivity index (χ3v) is 4.06. The molecule has 3 aromatic carbocycles. The minimum absolute atomic E-state index is 0.0722. The van der Waals surface area contributed by atoms with Crippen molar-refractivity contribution in [3.05, 3.63) is 95.3 Å². The Morgan fingerprint density at radius 2 is 1.63 bits per heavy atom. The highest BCUT2D eigenvalue weighted by Gasteiger charge is 2.14. The van der Waals surface area contributed by atoms with E-state index in [0.29, 0.717) is 22.3 Å². The average Bonchev–Trinajstić information content (AvgIpc) is 2.72. The van der Waals surface area contributed by atoms with E-state index in [1.54, 1.807) is 48.5 Å². The first-order valence-corrected chi connectivity index (χ1v) is 8.21. The zero-order valence-electron chi connectivity index (χ0n) is 14.3. The van der Waals surface area contributed by atoms with E-state index in [-0.39, 0.29) is 18.0 Å². The van der Waals surface area contributed by atoms with E-state index in [9.17, 15) is 14.4 Å². The molecule has 0 saturated heterocycles. The van der Waals surface area contributed by atoms with Gasteiger partial charge in [-0.2, -0.15) is 0 Å². The van der Waals surface area contributed by atoms with Gasteiger partial charge < -0.3 is 15.6 Å². The van der Waals surface area contributed by atoms with Crippen LogP contribution in [0.15, 0.2) is 78.0 Å². The van der Waals surface area contributed by atoms with Crippen molar-refractivity contribution in [3.8, 4) is 11.1 Å². The van der Waals surface area contributed by atoms with Gasteiger partial charge in [-0.25, -0.2) is 4.39 Å². The molecule has 6 heteroatoms. The molecule has 0 bridgehead atoms. The SMILES string of the molecule is O=C(NC(=NO)c1ccc(CO)cc1)c1ccc(-c2ccccc2)c(F)c1. The number of aliphatic hydroxyl groups excluding tert-OH is 1. The summed E-state index contributed by atoms with van der Waals surface area (Å²) < 4.78 is 14.4. The molecule has 27 heavy (non-hydrogen) atoms. The lowest BCUT2D eigenvalue weighted by Gasteiger charge is -2.09. The van der Waals surface area contributed by atoms with Gasteiger partial charge in [-0.05, 0) is 23.3 Å². The van der Waals surface area contributed by atoms with E-state index in [2.05, 4.69) is 10.5 Å². The second-order valence-electron chi connectivity index (χ2n) is 5.82. The molecular weight excluding hydrogens is 347 g/mol. The van der Waals surface area contributed by atoms with Crippen LogP contribution < -0.4 is 5.32 Å². The van der Waals surface area contributed by atoms with E-state index < -0.39 is 11.7 Å². The molecular formula is C21H17FN2O3. The fourth-order valence-corrected chi connectivity index (χ4v) is 2.61. The molecule has 0 aliphatic carbocycles. The molecule has 0 fully saturated rings. The summed E-state index contributed by atoms with van der Waals surface area (Å²) in [6, 6.07) is 19.7. The van der Waals surface area contributed by atoms with Crippen LogP contribution in [0.5, 0.6) is 0 Å². The largest absolute Gasteiger partial charge is 0.409 e.